The van der Waals surface area contributed by atoms with Gasteiger partial charge in [0, 0.05) is 28.7 Å². The number of carbonyl (C=O) groups excluding carboxylic acids is 2. The molecule has 3 rings (SSSR count). The largest absolute Gasteiger partial charge is 0.461 e. The van der Waals surface area contributed by atoms with Gasteiger partial charge in [-0.25, -0.2) is 9.59 Å². The molecule has 1 aromatic heterocycles. The Bertz CT molecular complexity index is 1030. The Kier molecular flexibility index (Phi) is 8.42. The molecule has 1 fully saturated rings. The van der Waals surface area contributed by atoms with E-state index in [1.165, 1.54) is 0 Å². The molecule has 0 bridgehead atoms. The van der Waals surface area contributed by atoms with Gasteiger partial charge in [-0.1, -0.05) is 42.1 Å². The summed E-state index contributed by atoms with van der Waals surface area (Å²) in [4.78, 5) is 28.6. The number of carbonyl (C=O) groups is 2. The van der Waals surface area contributed by atoms with E-state index in [-0.39, 0.29) is 30.1 Å². The summed E-state index contributed by atoms with van der Waals surface area (Å²) in [6, 6.07) is 5.23. The summed E-state index contributed by atoms with van der Waals surface area (Å²) in [5, 5.41) is 0.908. The van der Waals surface area contributed by atoms with Crippen molar-refractivity contribution in [3.63, 3.8) is 0 Å². The van der Waals surface area contributed by atoms with Crippen LogP contribution in [0.4, 0.5) is 11.5 Å². The van der Waals surface area contributed by atoms with Crippen molar-refractivity contribution in [1.29, 1.82) is 0 Å². The summed E-state index contributed by atoms with van der Waals surface area (Å²) in [6.07, 6.45) is 4.10. The Morgan fingerprint density at radius 2 is 1.62 bits per heavy atom. The molecule has 0 amide bonds. The van der Waals surface area contributed by atoms with Gasteiger partial charge in [0.1, 0.15) is 17.0 Å². The summed E-state index contributed by atoms with van der Waals surface area (Å²) >= 11 is 13.0. The number of hydrogen-bond acceptors (Lipinski definition) is 6. The normalized spacial score (nSPS) is 14.6. The first-order chi connectivity index (χ1) is 16.0. The molecular formula is C25H33Cl2N3O4. The Labute approximate surface area is 211 Å². The zero-order chi connectivity index (χ0) is 25.0. The molecule has 186 valence electrons. The first-order valence-corrected chi connectivity index (χ1v) is 12.4. The summed E-state index contributed by atoms with van der Waals surface area (Å²) in [6.45, 7) is 8.84. The quantitative estimate of drug-likeness (QED) is 0.485. The number of nitrogens with zero attached hydrogens (tertiary/aromatic N) is 2. The van der Waals surface area contributed by atoms with Crippen molar-refractivity contribution >= 4 is 46.6 Å². The summed E-state index contributed by atoms with van der Waals surface area (Å²) < 4.78 is 12.8. The molecule has 0 aliphatic carbocycles. The van der Waals surface area contributed by atoms with Crippen LogP contribution in [0.5, 0.6) is 0 Å². The number of nitrogens with two attached hydrogens (primary N) is 1. The molecule has 1 aliphatic rings. The van der Waals surface area contributed by atoms with Gasteiger partial charge in [0.15, 0.2) is 5.69 Å². The van der Waals surface area contributed by atoms with E-state index >= 15 is 0 Å². The monoisotopic (exact) mass is 509 g/mol. The van der Waals surface area contributed by atoms with E-state index in [1.807, 2.05) is 0 Å². The van der Waals surface area contributed by atoms with Crippen LogP contribution in [-0.2, 0) is 16.0 Å². The molecule has 2 N–H and O–H groups in total. The van der Waals surface area contributed by atoms with Gasteiger partial charge in [-0.3, -0.25) is 0 Å². The van der Waals surface area contributed by atoms with Gasteiger partial charge in [-0.15, -0.1) is 0 Å². The number of hydrogen-bond donors (Lipinski definition) is 1. The molecule has 1 aliphatic heterocycles. The average Bonchev–Trinajstić information content (AvgIpc) is 2.88. The number of halogens is 2. The second-order valence-electron chi connectivity index (χ2n) is 9.37. The number of esters is 2. The van der Waals surface area contributed by atoms with Crippen LogP contribution >= 0.6 is 23.2 Å². The highest BCUT2D eigenvalue weighted by Crippen LogP contribution is 2.38. The van der Waals surface area contributed by atoms with Crippen molar-refractivity contribution in [2.75, 3.05) is 30.3 Å². The van der Waals surface area contributed by atoms with Gasteiger partial charge in [0.05, 0.1) is 18.8 Å². The Morgan fingerprint density at radius 3 is 2.15 bits per heavy atom. The maximum Gasteiger partial charge on any atom is 0.357 e. The third-order valence-corrected chi connectivity index (χ3v) is 6.34. The second-order valence-corrected chi connectivity index (χ2v) is 10.2. The van der Waals surface area contributed by atoms with E-state index in [2.05, 4.69) is 4.90 Å². The van der Waals surface area contributed by atoms with Crippen LogP contribution in [0.1, 0.15) is 79.8 Å². The molecule has 0 atom stereocenters. The van der Waals surface area contributed by atoms with E-state index in [0.717, 1.165) is 38.8 Å². The molecule has 34 heavy (non-hydrogen) atoms. The van der Waals surface area contributed by atoms with Crippen molar-refractivity contribution < 1.29 is 19.1 Å². The maximum atomic E-state index is 13.4. The third kappa shape index (κ3) is 5.81. The van der Waals surface area contributed by atoms with Gasteiger partial charge in [0.25, 0.3) is 0 Å². The van der Waals surface area contributed by atoms with Gasteiger partial charge >= 0.3 is 11.9 Å². The Hall–Kier alpha value is -2.38. The highest BCUT2D eigenvalue weighted by atomic mass is 35.5. The Balaban J connectivity index is 2.29. The standard InChI is InChI=1S/C25H33Cl2N3O4/c1-5-33-24(32)21-20(28)19(23(31)34-25(2,3)4)22(29-13-8-6-7-9-14-29)30(21)15-16-17(26)11-10-12-18(16)27/h10-12H,5-9,13-15,28H2,1-4H3. The smallest absolute Gasteiger partial charge is 0.357 e. The highest BCUT2D eigenvalue weighted by Gasteiger charge is 2.35. The summed E-state index contributed by atoms with van der Waals surface area (Å²) in [5.74, 6) is -0.666. The minimum atomic E-state index is -0.738. The molecule has 9 heteroatoms. The lowest BCUT2D eigenvalue weighted by molar-refractivity contribution is 0.00714. The van der Waals surface area contributed by atoms with Gasteiger partial charge in [-0.05, 0) is 52.7 Å². The fourth-order valence-corrected chi connectivity index (χ4v) is 4.70. The molecule has 0 spiro atoms. The molecule has 0 radical (unpaired) electrons. The van der Waals surface area contributed by atoms with Gasteiger partial charge < -0.3 is 24.7 Å². The minimum absolute atomic E-state index is 0.0372. The number of rotatable bonds is 6. The second kappa shape index (κ2) is 10.9. The topological polar surface area (TPSA) is 86.8 Å². The minimum Gasteiger partial charge on any atom is -0.461 e. The van der Waals surface area contributed by atoms with Crippen molar-refractivity contribution in [1.82, 2.24) is 4.57 Å². The molecule has 2 heterocycles. The number of aromatic nitrogens is 1. The maximum absolute atomic E-state index is 13.4. The fraction of sp³-hybridized carbons (Fsp3) is 0.520. The zero-order valence-electron chi connectivity index (χ0n) is 20.2. The summed E-state index contributed by atoms with van der Waals surface area (Å²) in [5.41, 5.74) is 6.70. The lowest BCUT2D eigenvalue weighted by atomic mass is 10.1. The van der Waals surface area contributed by atoms with Crippen LogP contribution in [0, 0.1) is 0 Å². The van der Waals surface area contributed by atoms with E-state index in [0.29, 0.717) is 21.4 Å². The van der Waals surface area contributed by atoms with Crippen molar-refractivity contribution in [2.45, 2.75) is 65.5 Å². The molecule has 1 aromatic carbocycles. The van der Waals surface area contributed by atoms with Crippen LogP contribution in [0.2, 0.25) is 10.0 Å². The zero-order valence-corrected chi connectivity index (χ0v) is 21.8. The van der Waals surface area contributed by atoms with Crippen LogP contribution in [0.3, 0.4) is 0 Å². The predicted molar refractivity (Wildman–Crippen MR) is 136 cm³/mol. The molecule has 7 nitrogen and oxygen atoms in total. The van der Waals surface area contributed by atoms with Crippen LogP contribution in [0.25, 0.3) is 0 Å². The predicted octanol–water partition coefficient (Wildman–Crippen LogP) is 5.94. The molecule has 2 aromatic rings. The molecular weight excluding hydrogens is 477 g/mol. The van der Waals surface area contributed by atoms with Crippen molar-refractivity contribution in [3.8, 4) is 0 Å². The summed E-state index contributed by atoms with van der Waals surface area (Å²) in [7, 11) is 0. The molecule has 0 unspecified atom stereocenters. The Morgan fingerprint density at radius 1 is 1.03 bits per heavy atom. The fourth-order valence-electron chi connectivity index (χ4n) is 4.18. The van der Waals surface area contributed by atoms with E-state index in [9.17, 15) is 9.59 Å². The van der Waals surface area contributed by atoms with E-state index in [1.54, 1.807) is 50.5 Å². The number of anilines is 2. The molecule has 0 saturated carbocycles. The lowest BCUT2D eigenvalue weighted by Crippen LogP contribution is -2.30. The van der Waals surface area contributed by atoms with Crippen LogP contribution in [-0.4, -0.2) is 41.8 Å². The molecule has 1 saturated heterocycles. The average molecular weight is 510 g/mol. The van der Waals surface area contributed by atoms with Crippen molar-refractivity contribution in [3.05, 3.63) is 45.1 Å². The first-order valence-electron chi connectivity index (χ1n) is 11.7. The third-order valence-electron chi connectivity index (χ3n) is 5.63. The van der Waals surface area contributed by atoms with Crippen molar-refractivity contribution in [2.24, 2.45) is 0 Å². The van der Waals surface area contributed by atoms with E-state index < -0.39 is 17.5 Å². The SMILES string of the molecule is CCOC(=O)c1c(N)c(C(=O)OC(C)(C)C)c(N2CCCCCC2)n1Cc1c(Cl)cccc1Cl. The lowest BCUT2D eigenvalue weighted by Gasteiger charge is -2.27. The van der Waals surface area contributed by atoms with Gasteiger partial charge in [-0.2, -0.15) is 0 Å². The highest BCUT2D eigenvalue weighted by molar-refractivity contribution is 6.36. The number of benzene rings is 1. The van der Waals surface area contributed by atoms with Gasteiger partial charge in [0.2, 0.25) is 0 Å². The number of ether oxygens (including phenoxy) is 2. The van der Waals surface area contributed by atoms with Crippen LogP contribution < -0.4 is 10.6 Å². The van der Waals surface area contributed by atoms with Crippen LogP contribution in [0.15, 0.2) is 18.2 Å². The first kappa shape index (κ1) is 26.2. The number of nitrogen functional groups attached to an aromatic ring is 1. The van der Waals surface area contributed by atoms with E-state index in [4.69, 9.17) is 38.4 Å².